The topological polar surface area (TPSA) is 97.3 Å². The Hall–Kier alpha value is -1.68. The lowest BCUT2D eigenvalue weighted by molar-refractivity contribution is -0.148. The first-order valence-corrected chi connectivity index (χ1v) is 5.99. The van der Waals surface area contributed by atoms with Crippen LogP contribution in [0.2, 0.25) is 0 Å². The number of halogens is 3. The van der Waals surface area contributed by atoms with E-state index >= 15 is 0 Å². The van der Waals surface area contributed by atoms with Crippen LogP contribution in [0.25, 0.3) is 0 Å². The van der Waals surface area contributed by atoms with Gasteiger partial charge in [0.1, 0.15) is 11.9 Å². The van der Waals surface area contributed by atoms with Crippen LogP contribution in [-0.4, -0.2) is 49.9 Å². The number of alkyl halides is 3. The average Bonchev–Trinajstić information content (AvgIpc) is 2.78. The first-order valence-electron chi connectivity index (χ1n) is 5.99. The maximum absolute atomic E-state index is 12.6. The summed E-state index contributed by atoms with van der Waals surface area (Å²) >= 11 is 0. The van der Waals surface area contributed by atoms with Gasteiger partial charge in [0, 0.05) is 19.6 Å². The van der Waals surface area contributed by atoms with E-state index < -0.39 is 24.0 Å². The summed E-state index contributed by atoms with van der Waals surface area (Å²) in [6, 6.07) is -0.972. The van der Waals surface area contributed by atoms with E-state index in [1.54, 1.807) is 0 Å². The van der Waals surface area contributed by atoms with Gasteiger partial charge in [0.05, 0.1) is 6.54 Å². The zero-order valence-electron chi connectivity index (χ0n) is 10.5. The highest BCUT2D eigenvalue weighted by molar-refractivity contribution is 5.72. The second-order valence-electron chi connectivity index (χ2n) is 4.60. The number of carboxylic acids is 1. The van der Waals surface area contributed by atoms with E-state index in [1.165, 1.54) is 0 Å². The van der Waals surface area contributed by atoms with Crippen LogP contribution in [0.4, 0.5) is 13.2 Å². The molecule has 0 radical (unpaired) electrons. The van der Waals surface area contributed by atoms with Crippen molar-refractivity contribution >= 4 is 5.97 Å². The molecule has 0 saturated carbocycles. The lowest BCUT2D eigenvalue weighted by Crippen LogP contribution is -2.39. The Morgan fingerprint density at radius 1 is 1.40 bits per heavy atom. The standard InChI is InChI=1S/C10H14F3N5O2/c11-10(12,13)9-16-15-7-5-17(3-4-18(7)9)2-1-6(14)8(19)20/h6H,1-5,14H2,(H,19,20). The van der Waals surface area contributed by atoms with E-state index in [4.69, 9.17) is 10.8 Å². The minimum absolute atomic E-state index is 0.124. The third-order valence-corrected chi connectivity index (χ3v) is 3.16. The maximum Gasteiger partial charge on any atom is 0.451 e. The van der Waals surface area contributed by atoms with Gasteiger partial charge in [-0.15, -0.1) is 10.2 Å². The molecule has 0 aliphatic carbocycles. The van der Waals surface area contributed by atoms with Crippen LogP contribution in [0.5, 0.6) is 0 Å². The molecule has 20 heavy (non-hydrogen) atoms. The highest BCUT2D eigenvalue weighted by Gasteiger charge is 2.39. The lowest BCUT2D eigenvalue weighted by atomic mass is 10.2. The van der Waals surface area contributed by atoms with Crippen molar-refractivity contribution in [2.45, 2.75) is 31.7 Å². The van der Waals surface area contributed by atoms with Crippen LogP contribution in [0, 0.1) is 0 Å². The van der Waals surface area contributed by atoms with E-state index in [1.807, 2.05) is 4.90 Å². The molecule has 1 atom stereocenters. The Kier molecular flexibility index (Phi) is 3.95. The maximum atomic E-state index is 12.6. The van der Waals surface area contributed by atoms with Crippen molar-refractivity contribution in [2.75, 3.05) is 13.1 Å². The van der Waals surface area contributed by atoms with E-state index in [0.717, 1.165) is 4.57 Å². The molecule has 0 aromatic carbocycles. The Morgan fingerprint density at radius 3 is 2.70 bits per heavy atom. The van der Waals surface area contributed by atoms with Crippen LogP contribution in [-0.2, 0) is 24.1 Å². The average molecular weight is 293 g/mol. The quantitative estimate of drug-likeness (QED) is 0.805. The van der Waals surface area contributed by atoms with Gasteiger partial charge in [0.2, 0.25) is 5.82 Å². The predicted octanol–water partition coefficient (Wildman–Crippen LogP) is -0.0855. The third-order valence-electron chi connectivity index (χ3n) is 3.16. The Bertz CT molecular complexity index is 502. The first kappa shape index (κ1) is 14.7. The van der Waals surface area contributed by atoms with Crippen molar-refractivity contribution < 1.29 is 23.1 Å². The number of carboxylic acid groups (broad SMARTS) is 1. The molecule has 0 spiro atoms. The van der Waals surface area contributed by atoms with E-state index in [9.17, 15) is 18.0 Å². The van der Waals surface area contributed by atoms with Crippen molar-refractivity contribution in [3.63, 3.8) is 0 Å². The molecule has 10 heteroatoms. The molecular weight excluding hydrogens is 279 g/mol. The van der Waals surface area contributed by atoms with Gasteiger partial charge in [0.15, 0.2) is 0 Å². The van der Waals surface area contributed by atoms with Crippen molar-refractivity contribution in [1.29, 1.82) is 0 Å². The molecule has 1 aliphatic rings. The van der Waals surface area contributed by atoms with Gasteiger partial charge in [-0.2, -0.15) is 13.2 Å². The number of fused-ring (bicyclic) bond motifs is 1. The molecule has 1 aromatic rings. The number of hydrogen-bond donors (Lipinski definition) is 2. The van der Waals surface area contributed by atoms with Gasteiger partial charge >= 0.3 is 12.1 Å². The van der Waals surface area contributed by atoms with E-state index in [-0.39, 0.29) is 25.3 Å². The van der Waals surface area contributed by atoms with Gasteiger partial charge in [-0.05, 0) is 6.42 Å². The molecular formula is C10H14F3N5O2. The molecule has 7 nitrogen and oxygen atoms in total. The predicted molar refractivity (Wildman–Crippen MR) is 60.5 cm³/mol. The van der Waals surface area contributed by atoms with Crippen molar-refractivity contribution in [2.24, 2.45) is 5.73 Å². The summed E-state index contributed by atoms with van der Waals surface area (Å²) in [5, 5.41) is 15.4. The van der Waals surface area contributed by atoms with Gasteiger partial charge < -0.3 is 15.4 Å². The number of nitrogens with zero attached hydrogens (tertiary/aromatic N) is 4. The molecule has 112 valence electrons. The lowest BCUT2D eigenvalue weighted by Gasteiger charge is -2.28. The van der Waals surface area contributed by atoms with Gasteiger partial charge in [-0.1, -0.05) is 0 Å². The number of aromatic nitrogens is 3. The largest absolute Gasteiger partial charge is 0.480 e. The summed E-state index contributed by atoms with van der Waals surface area (Å²) in [6.45, 7) is 1.09. The molecule has 0 amide bonds. The zero-order valence-corrected chi connectivity index (χ0v) is 10.5. The van der Waals surface area contributed by atoms with Crippen LogP contribution >= 0.6 is 0 Å². The Balaban J connectivity index is 1.99. The summed E-state index contributed by atoms with van der Waals surface area (Å²) in [5.74, 6) is -1.86. The van der Waals surface area contributed by atoms with E-state index in [0.29, 0.717) is 13.1 Å². The fraction of sp³-hybridized carbons (Fsp3) is 0.700. The van der Waals surface area contributed by atoms with Crippen molar-refractivity contribution in [3.8, 4) is 0 Å². The Labute approximate surface area is 112 Å². The number of rotatable bonds is 4. The molecule has 0 fully saturated rings. The second-order valence-corrected chi connectivity index (χ2v) is 4.60. The first-order chi connectivity index (χ1) is 9.29. The molecule has 2 heterocycles. The van der Waals surface area contributed by atoms with Gasteiger partial charge in [-0.3, -0.25) is 9.69 Å². The summed E-state index contributed by atoms with van der Waals surface area (Å²) < 4.78 is 38.9. The smallest absolute Gasteiger partial charge is 0.451 e. The minimum Gasteiger partial charge on any atom is -0.480 e. The summed E-state index contributed by atoms with van der Waals surface area (Å²) in [5.41, 5.74) is 5.38. The minimum atomic E-state index is -4.51. The van der Waals surface area contributed by atoms with Crippen LogP contribution < -0.4 is 5.73 Å². The molecule has 0 bridgehead atoms. The zero-order chi connectivity index (χ0) is 14.9. The summed E-state index contributed by atoms with van der Waals surface area (Å²) in [7, 11) is 0. The van der Waals surface area contributed by atoms with E-state index in [2.05, 4.69) is 10.2 Å². The number of carbonyl (C=O) groups is 1. The third kappa shape index (κ3) is 3.07. The fourth-order valence-electron chi connectivity index (χ4n) is 2.05. The highest BCUT2D eigenvalue weighted by atomic mass is 19.4. The normalized spacial score (nSPS) is 17.8. The molecule has 3 N–H and O–H groups in total. The number of nitrogens with two attached hydrogens (primary N) is 1. The molecule has 1 unspecified atom stereocenters. The Morgan fingerprint density at radius 2 is 2.10 bits per heavy atom. The summed E-state index contributed by atoms with van der Waals surface area (Å²) in [6.07, 6.45) is -4.28. The van der Waals surface area contributed by atoms with Crippen LogP contribution in [0.3, 0.4) is 0 Å². The SMILES string of the molecule is NC(CCN1CCn2c(nnc2C(F)(F)F)C1)C(=O)O. The molecule has 1 aliphatic heterocycles. The second kappa shape index (κ2) is 5.37. The number of hydrogen-bond acceptors (Lipinski definition) is 5. The van der Waals surface area contributed by atoms with Crippen molar-refractivity contribution in [3.05, 3.63) is 11.6 Å². The highest BCUT2D eigenvalue weighted by Crippen LogP contribution is 2.29. The molecule has 2 rings (SSSR count). The van der Waals surface area contributed by atoms with Gasteiger partial charge in [0.25, 0.3) is 0 Å². The monoisotopic (exact) mass is 293 g/mol. The van der Waals surface area contributed by atoms with Crippen LogP contribution in [0.1, 0.15) is 18.1 Å². The van der Waals surface area contributed by atoms with Crippen molar-refractivity contribution in [1.82, 2.24) is 19.7 Å². The fourth-order valence-corrected chi connectivity index (χ4v) is 2.05. The summed E-state index contributed by atoms with van der Waals surface area (Å²) in [4.78, 5) is 12.4. The number of aliphatic carboxylic acids is 1. The van der Waals surface area contributed by atoms with Crippen LogP contribution in [0.15, 0.2) is 0 Å². The molecule has 0 saturated heterocycles. The molecule has 1 aromatic heterocycles. The van der Waals surface area contributed by atoms with Gasteiger partial charge in [-0.25, -0.2) is 0 Å².